The van der Waals surface area contributed by atoms with Crippen LogP contribution in [-0.4, -0.2) is 48.1 Å². The predicted molar refractivity (Wildman–Crippen MR) is 53.4 cm³/mol. The van der Waals surface area contributed by atoms with Crippen LogP contribution in [0.3, 0.4) is 0 Å². The van der Waals surface area contributed by atoms with Crippen molar-refractivity contribution in [2.24, 2.45) is 0 Å². The first-order valence-corrected chi connectivity index (χ1v) is 4.98. The Bertz CT molecular complexity index is 145. The Labute approximate surface area is 76.5 Å². The van der Waals surface area contributed by atoms with E-state index in [1.165, 1.54) is 13.1 Å². The summed E-state index contributed by atoms with van der Waals surface area (Å²) in [5, 5.41) is 0. The summed E-state index contributed by atoms with van der Waals surface area (Å²) in [6, 6.07) is 2.12. The van der Waals surface area contributed by atoms with E-state index in [4.69, 9.17) is 0 Å². The topological polar surface area (TPSA) is 6.48 Å². The van der Waals surface area contributed by atoms with Gasteiger partial charge in [-0.2, -0.15) is 0 Å². The summed E-state index contributed by atoms with van der Waals surface area (Å²) in [4.78, 5) is 5.04. The van der Waals surface area contributed by atoms with Gasteiger partial charge in [-0.05, 0) is 34.7 Å². The Morgan fingerprint density at radius 1 is 1.08 bits per heavy atom. The Morgan fingerprint density at radius 3 is 2.17 bits per heavy atom. The van der Waals surface area contributed by atoms with Crippen molar-refractivity contribution in [3.8, 4) is 0 Å². The first-order chi connectivity index (χ1) is 5.52. The Morgan fingerprint density at radius 2 is 1.67 bits per heavy atom. The number of hydrogen-bond donors (Lipinski definition) is 0. The van der Waals surface area contributed by atoms with Crippen molar-refractivity contribution >= 4 is 0 Å². The quantitative estimate of drug-likeness (QED) is 0.587. The van der Waals surface area contributed by atoms with Gasteiger partial charge in [0.2, 0.25) is 0 Å². The van der Waals surface area contributed by atoms with Gasteiger partial charge in [0.15, 0.2) is 0 Å². The van der Waals surface area contributed by atoms with Crippen molar-refractivity contribution in [2.45, 2.75) is 45.8 Å². The minimum absolute atomic E-state index is 0.691. The molecule has 0 radical (unpaired) electrons. The van der Waals surface area contributed by atoms with E-state index in [0.29, 0.717) is 18.1 Å². The molecule has 0 aliphatic carbocycles. The molecule has 2 nitrogen and oxygen atoms in total. The van der Waals surface area contributed by atoms with Gasteiger partial charge in [0, 0.05) is 31.2 Å². The smallest absolute Gasteiger partial charge is 0.0198 e. The Kier molecular flexibility index (Phi) is 3.13. The molecule has 0 amide bonds. The van der Waals surface area contributed by atoms with Gasteiger partial charge < -0.3 is 4.90 Å². The SMILES string of the molecule is CC(C)N1C[C@@H](C)N(C)C[C@H]1C. The number of likely N-dealkylation sites (N-methyl/N-ethyl adjacent to an activating group) is 1. The van der Waals surface area contributed by atoms with E-state index >= 15 is 0 Å². The molecule has 1 saturated heterocycles. The molecule has 1 aliphatic heterocycles. The number of piperazine rings is 1. The summed E-state index contributed by atoms with van der Waals surface area (Å²) in [5.41, 5.74) is 0. The Hall–Kier alpha value is -0.0800. The van der Waals surface area contributed by atoms with Crippen LogP contribution >= 0.6 is 0 Å². The van der Waals surface area contributed by atoms with Crippen LogP contribution < -0.4 is 0 Å². The fourth-order valence-electron chi connectivity index (χ4n) is 2.05. The zero-order chi connectivity index (χ0) is 9.30. The van der Waals surface area contributed by atoms with E-state index < -0.39 is 0 Å². The van der Waals surface area contributed by atoms with E-state index in [2.05, 4.69) is 44.5 Å². The third kappa shape index (κ3) is 1.99. The molecule has 0 aromatic carbocycles. The maximum atomic E-state index is 2.59. The lowest BCUT2D eigenvalue weighted by Gasteiger charge is -2.44. The lowest BCUT2D eigenvalue weighted by Crippen LogP contribution is -2.56. The van der Waals surface area contributed by atoms with Gasteiger partial charge in [0.1, 0.15) is 0 Å². The van der Waals surface area contributed by atoms with E-state index in [-0.39, 0.29) is 0 Å². The third-order valence-corrected chi connectivity index (χ3v) is 3.01. The van der Waals surface area contributed by atoms with E-state index in [9.17, 15) is 0 Å². The van der Waals surface area contributed by atoms with Crippen molar-refractivity contribution in [3.63, 3.8) is 0 Å². The normalized spacial score (nSPS) is 34.5. The molecule has 0 N–H and O–H groups in total. The lowest BCUT2D eigenvalue weighted by atomic mass is 10.1. The molecule has 1 aliphatic rings. The molecule has 1 rings (SSSR count). The highest BCUT2D eigenvalue weighted by Crippen LogP contribution is 2.15. The fraction of sp³-hybridized carbons (Fsp3) is 1.00. The molecule has 0 bridgehead atoms. The van der Waals surface area contributed by atoms with Crippen LogP contribution in [0.5, 0.6) is 0 Å². The maximum Gasteiger partial charge on any atom is 0.0198 e. The molecule has 0 saturated carbocycles. The highest BCUT2D eigenvalue weighted by atomic mass is 15.3. The molecule has 2 heteroatoms. The van der Waals surface area contributed by atoms with Gasteiger partial charge in [-0.3, -0.25) is 4.90 Å². The van der Waals surface area contributed by atoms with Gasteiger partial charge in [-0.1, -0.05) is 0 Å². The summed E-state index contributed by atoms with van der Waals surface area (Å²) in [5.74, 6) is 0. The zero-order valence-corrected chi connectivity index (χ0v) is 9.04. The fourth-order valence-corrected chi connectivity index (χ4v) is 2.05. The van der Waals surface area contributed by atoms with Crippen LogP contribution in [0.15, 0.2) is 0 Å². The standard InChI is InChI=1S/C10H22N2/c1-8(2)12-7-9(3)11(5)6-10(12)4/h8-10H,6-7H2,1-5H3/t9-,10-/m1/s1. The van der Waals surface area contributed by atoms with Crippen molar-refractivity contribution in [3.05, 3.63) is 0 Å². The molecule has 12 heavy (non-hydrogen) atoms. The number of nitrogens with zero attached hydrogens (tertiary/aromatic N) is 2. The van der Waals surface area contributed by atoms with E-state index in [1.54, 1.807) is 0 Å². The maximum absolute atomic E-state index is 2.59. The summed E-state index contributed by atoms with van der Waals surface area (Å²) < 4.78 is 0. The molecule has 0 aromatic rings. The summed E-state index contributed by atoms with van der Waals surface area (Å²) in [7, 11) is 2.22. The van der Waals surface area contributed by atoms with Gasteiger partial charge in [0.05, 0.1) is 0 Å². The van der Waals surface area contributed by atoms with Gasteiger partial charge in [-0.25, -0.2) is 0 Å². The van der Waals surface area contributed by atoms with Gasteiger partial charge in [-0.15, -0.1) is 0 Å². The predicted octanol–water partition coefficient (Wildman–Crippen LogP) is 1.42. The first kappa shape index (κ1) is 10.0. The largest absolute Gasteiger partial charge is 0.301 e. The molecule has 1 fully saturated rings. The second kappa shape index (κ2) is 3.75. The van der Waals surface area contributed by atoms with Crippen LogP contribution in [-0.2, 0) is 0 Å². The molecule has 2 atom stereocenters. The van der Waals surface area contributed by atoms with Crippen molar-refractivity contribution in [1.29, 1.82) is 0 Å². The van der Waals surface area contributed by atoms with Crippen LogP contribution in [0.1, 0.15) is 27.7 Å². The first-order valence-electron chi connectivity index (χ1n) is 4.98. The van der Waals surface area contributed by atoms with Gasteiger partial charge >= 0.3 is 0 Å². The second-order valence-electron chi connectivity index (χ2n) is 4.43. The molecular weight excluding hydrogens is 148 g/mol. The molecule has 0 unspecified atom stereocenters. The van der Waals surface area contributed by atoms with Crippen LogP contribution in [0.4, 0.5) is 0 Å². The minimum atomic E-state index is 0.691. The minimum Gasteiger partial charge on any atom is -0.301 e. The van der Waals surface area contributed by atoms with Crippen molar-refractivity contribution < 1.29 is 0 Å². The molecule has 0 spiro atoms. The lowest BCUT2D eigenvalue weighted by molar-refractivity contribution is 0.0387. The summed E-state index contributed by atoms with van der Waals surface area (Å²) >= 11 is 0. The highest BCUT2D eigenvalue weighted by molar-refractivity contribution is 4.84. The van der Waals surface area contributed by atoms with Crippen molar-refractivity contribution in [2.75, 3.05) is 20.1 Å². The Balaban J connectivity index is 2.55. The molecule has 0 aromatic heterocycles. The molecular formula is C10H22N2. The van der Waals surface area contributed by atoms with Crippen LogP contribution in [0.2, 0.25) is 0 Å². The molecule has 72 valence electrons. The monoisotopic (exact) mass is 170 g/mol. The van der Waals surface area contributed by atoms with Crippen LogP contribution in [0.25, 0.3) is 0 Å². The summed E-state index contributed by atoms with van der Waals surface area (Å²) in [6.07, 6.45) is 0. The summed E-state index contributed by atoms with van der Waals surface area (Å²) in [6.45, 7) is 11.6. The highest BCUT2D eigenvalue weighted by Gasteiger charge is 2.27. The third-order valence-electron chi connectivity index (χ3n) is 3.01. The number of hydrogen-bond acceptors (Lipinski definition) is 2. The van der Waals surface area contributed by atoms with Crippen molar-refractivity contribution in [1.82, 2.24) is 9.80 Å². The van der Waals surface area contributed by atoms with E-state index in [1.807, 2.05) is 0 Å². The van der Waals surface area contributed by atoms with Crippen LogP contribution in [0, 0.1) is 0 Å². The van der Waals surface area contributed by atoms with Gasteiger partial charge in [0.25, 0.3) is 0 Å². The zero-order valence-electron chi connectivity index (χ0n) is 9.04. The molecule has 1 heterocycles. The number of rotatable bonds is 1. The van der Waals surface area contributed by atoms with E-state index in [0.717, 1.165) is 0 Å². The second-order valence-corrected chi connectivity index (χ2v) is 4.43. The average molecular weight is 170 g/mol. The average Bonchev–Trinajstić information content (AvgIpc) is 1.96.